The van der Waals surface area contributed by atoms with E-state index in [1.165, 1.54) is 4.88 Å². The van der Waals surface area contributed by atoms with Crippen LogP contribution in [0.2, 0.25) is 0 Å². The lowest BCUT2D eigenvalue weighted by Gasteiger charge is -2.28. The van der Waals surface area contributed by atoms with Crippen LogP contribution in [-0.4, -0.2) is 36.1 Å². The molecule has 1 unspecified atom stereocenters. The van der Waals surface area contributed by atoms with Crippen molar-refractivity contribution in [1.82, 2.24) is 4.90 Å². The van der Waals surface area contributed by atoms with Crippen LogP contribution in [0.3, 0.4) is 0 Å². The van der Waals surface area contributed by atoms with E-state index in [4.69, 9.17) is 5.11 Å². The minimum Gasteiger partial charge on any atom is -0.478 e. The molecule has 5 heteroatoms. The molecule has 0 spiro atoms. The zero-order valence-corrected chi connectivity index (χ0v) is 11.7. The molecule has 0 aromatic carbocycles. The minimum absolute atomic E-state index is 0.484. The molecule has 2 rings (SSSR count). The second-order valence-electron chi connectivity index (χ2n) is 4.32. The van der Waals surface area contributed by atoms with Gasteiger partial charge < -0.3 is 10.0 Å². The maximum absolute atomic E-state index is 11.1. The van der Waals surface area contributed by atoms with Crippen molar-refractivity contribution in [3.63, 3.8) is 0 Å². The van der Waals surface area contributed by atoms with Gasteiger partial charge >= 0.3 is 5.97 Å². The summed E-state index contributed by atoms with van der Waals surface area (Å²) in [4.78, 5) is 14.6. The summed E-state index contributed by atoms with van der Waals surface area (Å²) in [6.07, 6.45) is 2.89. The first kappa shape index (κ1) is 12.1. The predicted molar refractivity (Wildman–Crippen MR) is 68.5 cm³/mol. The van der Waals surface area contributed by atoms with E-state index in [2.05, 4.69) is 34.9 Å². The number of halogens is 1. The molecule has 0 amide bonds. The number of hydrogen-bond acceptors (Lipinski definition) is 3. The number of nitrogens with zero attached hydrogens (tertiary/aromatic N) is 1. The standard InChI is InChI=1S/C11H14BrNO2S/c1-13(2)6-3-4-7-8(5-6)16-10(12)9(7)11(14)15/h6H,3-5H2,1-2H3,(H,14,15). The molecular weight excluding hydrogens is 290 g/mol. The molecule has 1 N–H and O–H groups in total. The Balaban J connectivity index is 2.35. The fourth-order valence-electron chi connectivity index (χ4n) is 2.19. The lowest BCUT2D eigenvalue weighted by Crippen LogP contribution is -2.33. The molecule has 1 aromatic rings. The quantitative estimate of drug-likeness (QED) is 0.913. The monoisotopic (exact) mass is 303 g/mol. The summed E-state index contributed by atoms with van der Waals surface area (Å²) in [6, 6.07) is 0.541. The van der Waals surface area contributed by atoms with Crippen molar-refractivity contribution in [1.29, 1.82) is 0 Å². The van der Waals surface area contributed by atoms with Crippen molar-refractivity contribution in [3.05, 3.63) is 19.8 Å². The maximum Gasteiger partial charge on any atom is 0.338 e. The number of carbonyl (C=O) groups is 1. The van der Waals surface area contributed by atoms with Crippen molar-refractivity contribution in [2.45, 2.75) is 25.3 Å². The first-order valence-corrected chi connectivity index (χ1v) is 6.81. The van der Waals surface area contributed by atoms with E-state index in [1.807, 2.05) is 0 Å². The van der Waals surface area contributed by atoms with Crippen LogP contribution >= 0.6 is 27.3 Å². The van der Waals surface area contributed by atoms with Gasteiger partial charge in [-0.2, -0.15) is 0 Å². The highest BCUT2D eigenvalue weighted by Crippen LogP contribution is 2.38. The highest BCUT2D eigenvalue weighted by molar-refractivity contribution is 9.11. The average molecular weight is 304 g/mol. The number of carboxylic acids is 1. The van der Waals surface area contributed by atoms with Gasteiger partial charge in [-0.1, -0.05) is 0 Å². The van der Waals surface area contributed by atoms with Gasteiger partial charge in [0.05, 0.1) is 9.35 Å². The lowest BCUT2D eigenvalue weighted by atomic mass is 9.91. The molecule has 1 aliphatic carbocycles. The largest absolute Gasteiger partial charge is 0.478 e. The summed E-state index contributed by atoms with van der Waals surface area (Å²) in [5.74, 6) is -0.812. The summed E-state index contributed by atoms with van der Waals surface area (Å²) in [7, 11) is 4.16. The van der Waals surface area contributed by atoms with E-state index in [0.29, 0.717) is 11.6 Å². The third-order valence-electron chi connectivity index (χ3n) is 3.14. The van der Waals surface area contributed by atoms with E-state index in [9.17, 15) is 4.79 Å². The maximum atomic E-state index is 11.1. The van der Waals surface area contributed by atoms with E-state index in [1.54, 1.807) is 11.3 Å². The van der Waals surface area contributed by atoms with E-state index >= 15 is 0 Å². The van der Waals surface area contributed by atoms with Crippen LogP contribution in [0.25, 0.3) is 0 Å². The molecule has 0 saturated heterocycles. The summed E-state index contributed by atoms with van der Waals surface area (Å²) in [6.45, 7) is 0. The number of likely N-dealkylation sites (N-methyl/N-ethyl adjacent to an activating group) is 1. The van der Waals surface area contributed by atoms with Crippen LogP contribution in [-0.2, 0) is 12.8 Å². The lowest BCUT2D eigenvalue weighted by molar-refractivity contribution is 0.0695. The predicted octanol–water partition coefficient (Wildman–Crippen LogP) is 2.63. The second-order valence-corrected chi connectivity index (χ2v) is 6.74. The molecule has 0 saturated carbocycles. The molecule has 1 aromatic heterocycles. The molecule has 88 valence electrons. The van der Waals surface area contributed by atoms with Gasteiger partial charge in [0, 0.05) is 10.9 Å². The molecule has 1 atom stereocenters. The van der Waals surface area contributed by atoms with Crippen LogP contribution in [0.15, 0.2) is 3.79 Å². The van der Waals surface area contributed by atoms with Crippen LogP contribution in [0.1, 0.15) is 27.2 Å². The van der Waals surface area contributed by atoms with E-state index in [0.717, 1.165) is 28.6 Å². The Morgan fingerprint density at radius 2 is 2.25 bits per heavy atom. The van der Waals surface area contributed by atoms with Gasteiger partial charge in [-0.3, -0.25) is 0 Å². The smallest absolute Gasteiger partial charge is 0.338 e. The van der Waals surface area contributed by atoms with Crippen LogP contribution in [0.5, 0.6) is 0 Å². The van der Waals surface area contributed by atoms with E-state index < -0.39 is 5.97 Å². The summed E-state index contributed by atoms with van der Waals surface area (Å²) < 4.78 is 0.768. The first-order chi connectivity index (χ1) is 7.50. The highest BCUT2D eigenvalue weighted by Gasteiger charge is 2.28. The molecule has 0 aliphatic heterocycles. The van der Waals surface area contributed by atoms with Gasteiger partial charge in [0.2, 0.25) is 0 Å². The fourth-order valence-corrected chi connectivity index (χ4v) is 4.32. The Morgan fingerprint density at radius 3 is 2.81 bits per heavy atom. The van der Waals surface area contributed by atoms with Gasteiger partial charge in [0.25, 0.3) is 0 Å². The Hall–Kier alpha value is -0.390. The second kappa shape index (κ2) is 4.47. The van der Waals surface area contributed by atoms with Gasteiger partial charge in [-0.05, 0) is 54.9 Å². The van der Waals surface area contributed by atoms with E-state index in [-0.39, 0.29) is 0 Å². The highest BCUT2D eigenvalue weighted by atomic mass is 79.9. The molecule has 16 heavy (non-hydrogen) atoms. The van der Waals surface area contributed by atoms with Crippen LogP contribution in [0.4, 0.5) is 0 Å². The van der Waals surface area contributed by atoms with Gasteiger partial charge in [-0.15, -0.1) is 11.3 Å². The first-order valence-electron chi connectivity index (χ1n) is 5.20. The molecule has 0 fully saturated rings. The van der Waals surface area contributed by atoms with Crippen LogP contribution in [0, 0.1) is 0 Å². The third kappa shape index (κ3) is 2.04. The van der Waals surface area contributed by atoms with Crippen molar-refractivity contribution in [2.24, 2.45) is 0 Å². The van der Waals surface area contributed by atoms with Gasteiger partial charge in [-0.25, -0.2) is 4.79 Å². The third-order valence-corrected chi connectivity index (χ3v) is 5.07. The summed E-state index contributed by atoms with van der Waals surface area (Å²) in [5.41, 5.74) is 1.53. The molecular formula is C11H14BrNO2S. The van der Waals surface area contributed by atoms with Crippen molar-refractivity contribution in [2.75, 3.05) is 14.1 Å². The summed E-state index contributed by atoms with van der Waals surface area (Å²) >= 11 is 4.93. The Kier molecular flexibility index (Phi) is 3.37. The van der Waals surface area contributed by atoms with Crippen molar-refractivity contribution >= 4 is 33.2 Å². The number of aromatic carboxylic acids is 1. The van der Waals surface area contributed by atoms with Crippen molar-refractivity contribution < 1.29 is 9.90 Å². The van der Waals surface area contributed by atoms with Gasteiger partial charge in [0.1, 0.15) is 0 Å². The van der Waals surface area contributed by atoms with Crippen molar-refractivity contribution in [3.8, 4) is 0 Å². The Bertz CT molecular complexity index is 428. The SMILES string of the molecule is CN(C)C1CCc2c(sc(Br)c2C(=O)O)C1. The number of thiophene rings is 1. The molecule has 0 radical (unpaired) electrons. The number of hydrogen-bond donors (Lipinski definition) is 1. The summed E-state index contributed by atoms with van der Waals surface area (Å²) in [5, 5.41) is 9.15. The van der Waals surface area contributed by atoms with Crippen LogP contribution < -0.4 is 0 Å². The minimum atomic E-state index is -0.812. The molecule has 3 nitrogen and oxygen atoms in total. The molecule has 0 bridgehead atoms. The Morgan fingerprint density at radius 1 is 1.56 bits per heavy atom. The zero-order chi connectivity index (χ0) is 11.9. The molecule has 1 aliphatic rings. The molecule has 1 heterocycles. The normalized spacial score (nSPS) is 19.9. The number of fused-ring (bicyclic) bond motifs is 1. The topological polar surface area (TPSA) is 40.5 Å². The Labute approximate surface area is 107 Å². The number of carboxylic acid groups (broad SMARTS) is 1. The zero-order valence-electron chi connectivity index (χ0n) is 9.29. The van der Waals surface area contributed by atoms with Gasteiger partial charge in [0.15, 0.2) is 0 Å². The average Bonchev–Trinajstić information content (AvgIpc) is 2.51. The number of rotatable bonds is 2. The fraction of sp³-hybridized carbons (Fsp3) is 0.545.